The number of carbonyl (C=O) groups is 2. The van der Waals surface area contributed by atoms with Crippen molar-refractivity contribution in [1.82, 2.24) is 4.90 Å². The van der Waals surface area contributed by atoms with Crippen molar-refractivity contribution in [3.05, 3.63) is 0 Å². The van der Waals surface area contributed by atoms with Crippen LogP contribution in [0.4, 0.5) is 0 Å². The van der Waals surface area contributed by atoms with Crippen LogP contribution in [0.5, 0.6) is 0 Å². The number of carboxylic acid groups (broad SMARTS) is 1. The molecule has 0 aromatic heterocycles. The van der Waals surface area contributed by atoms with Gasteiger partial charge in [-0.2, -0.15) is 0 Å². The molecule has 0 aromatic rings. The molecule has 1 fully saturated rings. The summed E-state index contributed by atoms with van der Waals surface area (Å²) in [6, 6.07) is -0.192. The maximum Gasteiger partial charge on any atom is 0.308 e. The van der Waals surface area contributed by atoms with Crippen molar-refractivity contribution < 1.29 is 14.7 Å². The molecule has 19 heavy (non-hydrogen) atoms. The first-order chi connectivity index (χ1) is 8.78. The van der Waals surface area contributed by atoms with Crippen LogP contribution in [0.3, 0.4) is 0 Å². The van der Waals surface area contributed by atoms with Crippen LogP contribution in [-0.2, 0) is 9.59 Å². The summed E-state index contributed by atoms with van der Waals surface area (Å²) in [4.78, 5) is 24.9. The molecule has 2 unspecified atom stereocenters. The smallest absolute Gasteiger partial charge is 0.308 e. The van der Waals surface area contributed by atoms with E-state index in [1.165, 1.54) is 0 Å². The molecular formula is C14H26N2O3. The normalized spacial score (nSPS) is 23.7. The fourth-order valence-corrected chi connectivity index (χ4v) is 2.73. The van der Waals surface area contributed by atoms with E-state index in [4.69, 9.17) is 10.8 Å². The van der Waals surface area contributed by atoms with E-state index in [1.54, 1.807) is 4.90 Å². The topological polar surface area (TPSA) is 83.6 Å². The van der Waals surface area contributed by atoms with Gasteiger partial charge in [-0.15, -0.1) is 0 Å². The van der Waals surface area contributed by atoms with E-state index in [2.05, 4.69) is 13.8 Å². The van der Waals surface area contributed by atoms with Gasteiger partial charge in [0.15, 0.2) is 0 Å². The minimum atomic E-state index is -0.800. The molecule has 5 nitrogen and oxygen atoms in total. The number of hydrogen-bond donors (Lipinski definition) is 2. The summed E-state index contributed by atoms with van der Waals surface area (Å²) in [6.07, 6.45) is 2.73. The number of nitrogens with two attached hydrogens (primary N) is 1. The fourth-order valence-electron chi connectivity index (χ4n) is 2.73. The Hall–Kier alpha value is -1.10. The first kappa shape index (κ1) is 16.0. The molecule has 1 saturated heterocycles. The molecule has 2 atom stereocenters. The van der Waals surface area contributed by atoms with Gasteiger partial charge in [-0.25, -0.2) is 0 Å². The van der Waals surface area contributed by atoms with Crippen molar-refractivity contribution in [2.24, 2.45) is 17.1 Å². The van der Waals surface area contributed by atoms with Crippen LogP contribution in [0.2, 0.25) is 0 Å². The van der Waals surface area contributed by atoms with Crippen molar-refractivity contribution in [2.75, 3.05) is 13.1 Å². The van der Waals surface area contributed by atoms with Crippen molar-refractivity contribution >= 4 is 11.9 Å². The second-order valence-electron chi connectivity index (χ2n) is 6.26. The molecule has 0 aromatic carbocycles. The number of rotatable bonds is 6. The minimum Gasteiger partial charge on any atom is -0.481 e. The lowest BCUT2D eigenvalue weighted by Crippen LogP contribution is -2.38. The number of likely N-dealkylation sites (tertiary alicyclic amines) is 1. The molecule has 0 radical (unpaired) electrons. The van der Waals surface area contributed by atoms with Crippen LogP contribution in [0.25, 0.3) is 0 Å². The summed E-state index contributed by atoms with van der Waals surface area (Å²) >= 11 is 0. The SMILES string of the molecule is CC1C(C(=O)O)CCN1C(=O)CCC(C)(C)CCN. The fraction of sp³-hybridized carbons (Fsp3) is 0.857. The van der Waals surface area contributed by atoms with Crippen molar-refractivity contribution in [1.29, 1.82) is 0 Å². The highest BCUT2D eigenvalue weighted by molar-refractivity contribution is 5.79. The third-order valence-electron chi connectivity index (χ3n) is 4.23. The molecule has 0 aliphatic carbocycles. The molecule has 110 valence electrons. The van der Waals surface area contributed by atoms with Gasteiger partial charge in [0.1, 0.15) is 0 Å². The van der Waals surface area contributed by atoms with Gasteiger partial charge < -0.3 is 15.7 Å². The van der Waals surface area contributed by atoms with Gasteiger partial charge in [-0.3, -0.25) is 9.59 Å². The summed E-state index contributed by atoms with van der Waals surface area (Å²) in [5, 5.41) is 9.06. The lowest BCUT2D eigenvalue weighted by molar-refractivity contribution is -0.143. The second kappa shape index (κ2) is 6.37. The first-order valence-electron chi connectivity index (χ1n) is 7.01. The maximum absolute atomic E-state index is 12.2. The molecular weight excluding hydrogens is 244 g/mol. The Bertz CT molecular complexity index is 342. The Balaban J connectivity index is 2.49. The molecule has 0 spiro atoms. The second-order valence-corrected chi connectivity index (χ2v) is 6.26. The van der Waals surface area contributed by atoms with E-state index < -0.39 is 11.9 Å². The molecule has 1 aliphatic rings. The van der Waals surface area contributed by atoms with E-state index in [0.29, 0.717) is 25.9 Å². The number of carbonyl (C=O) groups excluding carboxylic acids is 1. The van der Waals surface area contributed by atoms with Gasteiger partial charge in [-0.05, 0) is 38.1 Å². The highest BCUT2D eigenvalue weighted by atomic mass is 16.4. The lowest BCUT2D eigenvalue weighted by atomic mass is 9.84. The zero-order valence-corrected chi connectivity index (χ0v) is 12.2. The van der Waals surface area contributed by atoms with Gasteiger partial charge in [-0.1, -0.05) is 13.8 Å². The number of aliphatic carboxylic acids is 1. The summed E-state index contributed by atoms with van der Waals surface area (Å²) < 4.78 is 0. The molecule has 1 rings (SSSR count). The third-order valence-corrected chi connectivity index (χ3v) is 4.23. The van der Waals surface area contributed by atoms with Crippen molar-refractivity contribution in [3.63, 3.8) is 0 Å². The van der Waals surface area contributed by atoms with Crippen molar-refractivity contribution in [2.45, 2.75) is 52.5 Å². The van der Waals surface area contributed by atoms with Crippen molar-refractivity contribution in [3.8, 4) is 0 Å². The van der Waals surface area contributed by atoms with E-state index in [1.807, 2.05) is 6.92 Å². The zero-order chi connectivity index (χ0) is 14.6. The van der Waals surface area contributed by atoms with E-state index in [0.717, 1.165) is 12.8 Å². The third kappa shape index (κ3) is 4.20. The van der Waals surface area contributed by atoms with E-state index in [-0.39, 0.29) is 17.4 Å². The average Bonchev–Trinajstić information content (AvgIpc) is 2.68. The highest BCUT2D eigenvalue weighted by Crippen LogP contribution is 2.29. The maximum atomic E-state index is 12.2. The highest BCUT2D eigenvalue weighted by Gasteiger charge is 2.38. The Morgan fingerprint density at radius 2 is 2.00 bits per heavy atom. The number of carboxylic acids is 1. The minimum absolute atomic E-state index is 0.0690. The van der Waals surface area contributed by atoms with Gasteiger partial charge >= 0.3 is 5.97 Å². The standard InChI is InChI=1S/C14H26N2O3/c1-10-11(13(18)19)5-9-16(10)12(17)4-6-14(2,3)7-8-15/h10-11H,4-9,15H2,1-3H3,(H,18,19). The molecule has 3 N–H and O–H groups in total. The van der Waals surface area contributed by atoms with E-state index in [9.17, 15) is 9.59 Å². The number of amides is 1. The van der Waals surface area contributed by atoms with Gasteiger partial charge in [0.05, 0.1) is 5.92 Å². The molecule has 1 amide bonds. The Kier molecular flexibility index (Phi) is 5.35. The molecule has 1 aliphatic heterocycles. The quantitative estimate of drug-likeness (QED) is 0.765. The lowest BCUT2D eigenvalue weighted by Gasteiger charge is -2.27. The van der Waals surface area contributed by atoms with Crippen LogP contribution in [-0.4, -0.2) is 41.0 Å². The molecule has 1 heterocycles. The monoisotopic (exact) mass is 270 g/mol. The predicted octanol–water partition coefficient (Wildman–Crippen LogP) is 1.46. The van der Waals surface area contributed by atoms with Crippen LogP contribution in [0.1, 0.15) is 46.5 Å². The van der Waals surface area contributed by atoms with E-state index >= 15 is 0 Å². The first-order valence-corrected chi connectivity index (χ1v) is 7.01. The summed E-state index contributed by atoms with van der Waals surface area (Å²) in [5.74, 6) is -1.14. The van der Waals surface area contributed by atoms with Crippen LogP contribution >= 0.6 is 0 Å². The Morgan fingerprint density at radius 3 is 2.47 bits per heavy atom. The summed E-state index contributed by atoms with van der Waals surface area (Å²) in [6.45, 7) is 7.24. The van der Waals surface area contributed by atoms with Crippen LogP contribution < -0.4 is 5.73 Å². The van der Waals surface area contributed by atoms with Crippen LogP contribution in [0, 0.1) is 11.3 Å². The average molecular weight is 270 g/mol. The number of nitrogens with zero attached hydrogens (tertiary/aromatic N) is 1. The number of hydrogen-bond acceptors (Lipinski definition) is 3. The Morgan fingerprint density at radius 1 is 1.37 bits per heavy atom. The molecule has 0 saturated carbocycles. The summed E-state index contributed by atoms with van der Waals surface area (Å²) in [5.41, 5.74) is 5.63. The van der Waals surface area contributed by atoms with Gasteiger partial charge in [0, 0.05) is 19.0 Å². The summed E-state index contributed by atoms with van der Waals surface area (Å²) in [7, 11) is 0. The largest absolute Gasteiger partial charge is 0.481 e. The van der Waals surface area contributed by atoms with Gasteiger partial charge in [0.25, 0.3) is 0 Å². The Labute approximate surface area is 115 Å². The zero-order valence-electron chi connectivity index (χ0n) is 12.2. The predicted molar refractivity (Wildman–Crippen MR) is 73.6 cm³/mol. The molecule has 0 bridgehead atoms. The van der Waals surface area contributed by atoms with Crippen LogP contribution in [0.15, 0.2) is 0 Å². The van der Waals surface area contributed by atoms with Gasteiger partial charge in [0.2, 0.25) is 5.91 Å². The molecule has 5 heteroatoms.